The van der Waals surface area contributed by atoms with E-state index in [9.17, 15) is 19.2 Å². The lowest BCUT2D eigenvalue weighted by Gasteiger charge is -2.06. The van der Waals surface area contributed by atoms with Gasteiger partial charge in [0.05, 0.1) is 26.4 Å². The lowest BCUT2D eigenvalue weighted by atomic mass is 10.1. The number of ether oxygens (including phenoxy) is 4. The van der Waals surface area contributed by atoms with E-state index in [1.54, 1.807) is 0 Å². The van der Waals surface area contributed by atoms with E-state index in [-0.39, 0.29) is 23.9 Å². The smallest absolute Gasteiger partial charge is 0.305 e. The molecule has 0 heterocycles. The van der Waals surface area contributed by atoms with Crippen LogP contribution in [0.4, 0.5) is 0 Å². The molecule has 0 spiro atoms. The third-order valence-corrected chi connectivity index (χ3v) is 7.16. The average molecular weight is 629 g/mol. The van der Waals surface area contributed by atoms with E-state index >= 15 is 0 Å². The zero-order valence-electron chi connectivity index (χ0n) is 29.1. The van der Waals surface area contributed by atoms with Crippen molar-refractivity contribution >= 4 is 23.9 Å². The standard InChI is InChI=1S/C22H42O4.C14H26O4/c1-3-5-7-9-11-15-19-25-21(23)17-13-14-18-22(24)26-20-16-12-10-8-6-4-2;1-3-17-13(15)11-9-7-5-6-8-10-12-14(16)18-4-2/h3-20H2,1-2H3;3-12H2,1-2H3. The molecule has 0 unspecified atom stereocenters. The SMILES string of the molecule is CCCCCCCCOC(=O)CCCCC(=O)OCCCCCCCC.CCOC(=O)CCCCCCCCC(=O)OCC. The van der Waals surface area contributed by atoms with E-state index in [4.69, 9.17) is 18.9 Å². The summed E-state index contributed by atoms with van der Waals surface area (Å²) in [5.41, 5.74) is 0. The topological polar surface area (TPSA) is 105 Å². The molecule has 44 heavy (non-hydrogen) atoms. The number of unbranched alkanes of at least 4 members (excludes halogenated alkanes) is 16. The largest absolute Gasteiger partial charge is 0.466 e. The molecule has 0 saturated heterocycles. The van der Waals surface area contributed by atoms with Crippen LogP contribution in [-0.4, -0.2) is 50.3 Å². The summed E-state index contributed by atoms with van der Waals surface area (Å²) in [5, 5.41) is 0. The van der Waals surface area contributed by atoms with Gasteiger partial charge >= 0.3 is 23.9 Å². The maximum absolute atomic E-state index is 11.6. The molecule has 8 heteroatoms. The van der Waals surface area contributed by atoms with Crippen LogP contribution in [-0.2, 0) is 38.1 Å². The molecular formula is C36H68O8. The molecule has 0 aliphatic carbocycles. The highest BCUT2D eigenvalue weighted by molar-refractivity contribution is 5.70. The predicted molar refractivity (Wildman–Crippen MR) is 177 cm³/mol. The Balaban J connectivity index is 0. The molecule has 0 rings (SSSR count). The second-order valence-electron chi connectivity index (χ2n) is 11.4. The summed E-state index contributed by atoms with van der Waals surface area (Å²) in [7, 11) is 0. The summed E-state index contributed by atoms with van der Waals surface area (Å²) in [6.07, 6.45) is 23.7. The van der Waals surface area contributed by atoms with Crippen LogP contribution in [0.5, 0.6) is 0 Å². The summed E-state index contributed by atoms with van der Waals surface area (Å²) >= 11 is 0. The van der Waals surface area contributed by atoms with Gasteiger partial charge in [-0.1, -0.05) is 104 Å². The molecule has 0 amide bonds. The molecule has 0 radical (unpaired) electrons. The summed E-state index contributed by atoms with van der Waals surface area (Å²) in [4.78, 5) is 45.3. The maximum atomic E-state index is 11.6. The van der Waals surface area contributed by atoms with Crippen molar-refractivity contribution in [3.8, 4) is 0 Å². The molecule has 0 aromatic heterocycles. The van der Waals surface area contributed by atoms with E-state index in [0.717, 1.165) is 64.2 Å². The average Bonchev–Trinajstić information content (AvgIpc) is 3.00. The van der Waals surface area contributed by atoms with Crippen molar-refractivity contribution in [3.05, 3.63) is 0 Å². The van der Waals surface area contributed by atoms with Crippen LogP contribution in [0.25, 0.3) is 0 Å². The molecule has 0 bridgehead atoms. The van der Waals surface area contributed by atoms with Gasteiger partial charge in [-0.15, -0.1) is 0 Å². The predicted octanol–water partition coefficient (Wildman–Crippen LogP) is 9.59. The fourth-order valence-corrected chi connectivity index (χ4v) is 4.53. The van der Waals surface area contributed by atoms with Crippen LogP contribution in [0, 0.1) is 0 Å². The first-order chi connectivity index (χ1) is 21.4. The van der Waals surface area contributed by atoms with Crippen molar-refractivity contribution in [1.82, 2.24) is 0 Å². The first-order valence-corrected chi connectivity index (χ1v) is 18.0. The van der Waals surface area contributed by atoms with Crippen molar-refractivity contribution in [1.29, 1.82) is 0 Å². The minimum absolute atomic E-state index is 0.0974. The van der Waals surface area contributed by atoms with Gasteiger partial charge in [0.15, 0.2) is 0 Å². The van der Waals surface area contributed by atoms with Crippen molar-refractivity contribution in [2.45, 2.75) is 182 Å². The number of esters is 4. The first kappa shape index (κ1) is 44.0. The highest BCUT2D eigenvalue weighted by atomic mass is 16.5. The molecule has 0 saturated carbocycles. The van der Waals surface area contributed by atoms with Crippen LogP contribution in [0.1, 0.15) is 182 Å². The Labute approximate surface area is 270 Å². The van der Waals surface area contributed by atoms with Crippen molar-refractivity contribution in [2.75, 3.05) is 26.4 Å². The molecule has 0 N–H and O–H groups in total. The molecular weight excluding hydrogens is 560 g/mol. The van der Waals surface area contributed by atoms with Crippen LogP contribution >= 0.6 is 0 Å². The highest BCUT2D eigenvalue weighted by Crippen LogP contribution is 2.10. The Hall–Kier alpha value is -2.12. The zero-order valence-corrected chi connectivity index (χ0v) is 29.1. The summed E-state index contributed by atoms with van der Waals surface area (Å²) in [6, 6.07) is 0. The third-order valence-electron chi connectivity index (χ3n) is 7.16. The van der Waals surface area contributed by atoms with Crippen molar-refractivity contribution < 1.29 is 38.1 Å². The van der Waals surface area contributed by atoms with Gasteiger partial charge in [-0.3, -0.25) is 19.2 Å². The van der Waals surface area contributed by atoms with Crippen LogP contribution in [0.3, 0.4) is 0 Å². The summed E-state index contributed by atoms with van der Waals surface area (Å²) in [5.74, 6) is -0.474. The number of hydrogen-bond acceptors (Lipinski definition) is 8. The molecule has 0 aliphatic rings. The Kier molecular flexibility index (Phi) is 37.1. The minimum Gasteiger partial charge on any atom is -0.466 e. The zero-order chi connectivity index (χ0) is 32.9. The number of carbonyl (C=O) groups excluding carboxylic acids is 4. The minimum atomic E-state index is -0.140. The second-order valence-corrected chi connectivity index (χ2v) is 11.4. The highest BCUT2D eigenvalue weighted by Gasteiger charge is 2.06. The van der Waals surface area contributed by atoms with E-state index in [2.05, 4.69) is 13.8 Å². The van der Waals surface area contributed by atoms with Gasteiger partial charge in [0.25, 0.3) is 0 Å². The fourth-order valence-electron chi connectivity index (χ4n) is 4.53. The number of hydrogen-bond donors (Lipinski definition) is 0. The third kappa shape index (κ3) is 37.9. The van der Waals surface area contributed by atoms with Gasteiger partial charge in [-0.05, 0) is 52.4 Å². The van der Waals surface area contributed by atoms with Crippen molar-refractivity contribution in [3.63, 3.8) is 0 Å². The Bertz CT molecular complexity index is 609. The van der Waals surface area contributed by atoms with Gasteiger partial charge in [-0.25, -0.2) is 0 Å². The van der Waals surface area contributed by atoms with Crippen LogP contribution in [0.2, 0.25) is 0 Å². The Morgan fingerprint density at radius 1 is 0.318 bits per heavy atom. The van der Waals surface area contributed by atoms with Crippen molar-refractivity contribution in [2.24, 2.45) is 0 Å². The Morgan fingerprint density at radius 2 is 0.568 bits per heavy atom. The normalized spacial score (nSPS) is 10.5. The molecule has 0 aliphatic heterocycles. The van der Waals surface area contributed by atoms with Gasteiger partial charge in [0.1, 0.15) is 0 Å². The van der Waals surface area contributed by atoms with E-state index in [0.29, 0.717) is 65.0 Å². The molecule has 8 nitrogen and oxygen atoms in total. The first-order valence-electron chi connectivity index (χ1n) is 18.0. The van der Waals surface area contributed by atoms with E-state index in [1.807, 2.05) is 13.8 Å². The van der Waals surface area contributed by atoms with Crippen LogP contribution < -0.4 is 0 Å². The molecule has 0 fully saturated rings. The van der Waals surface area contributed by atoms with Gasteiger partial charge < -0.3 is 18.9 Å². The maximum Gasteiger partial charge on any atom is 0.305 e. The summed E-state index contributed by atoms with van der Waals surface area (Å²) in [6.45, 7) is 10.0. The van der Waals surface area contributed by atoms with E-state index < -0.39 is 0 Å². The molecule has 0 aromatic carbocycles. The Morgan fingerprint density at radius 3 is 0.886 bits per heavy atom. The van der Waals surface area contributed by atoms with E-state index in [1.165, 1.54) is 51.4 Å². The molecule has 0 aromatic rings. The number of carbonyl (C=O) groups is 4. The van der Waals surface area contributed by atoms with Gasteiger partial charge in [0.2, 0.25) is 0 Å². The van der Waals surface area contributed by atoms with Crippen LogP contribution in [0.15, 0.2) is 0 Å². The second kappa shape index (κ2) is 37.1. The molecule has 260 valence electrons. The molecule has 0 atom stereocenters. The summed E-state index contributed by atoms with van der Waals surface area (Å²) < 4.78 is 20.1. The quantitative estimate of drug-likeness (QED) is 0.0440. The monoisotopic (exact) mass is 628 g/mol. The fraction of sp³-hybridized carbons (Fsp3) is 0.889. The van der Waals surface area contributed by atoms with Gasteiger partial charge in [-0.2, -0.15) is 0 Å². The van der Waals surface area contributed by atoms with Gasteiger partial charge in [0, 0.05) is 25.7 Å². The number of rotatable bonds is 30. The lowest BCUT2D eigenvalue weighted by molar-refractivity contribution is -0.146. The lowest BCUT2D eigenvalue weighted by Crippen LogP contribution is -2.08.